The summed E-state index contributed by atoms with van der Waals surface area (Å²) in [6, 6.07) is 19.1. The van der Waals surface area contributed by atoms with E-state index in [0.717, 1.165) is 21.7 Å². The third-order valence-corrected chi connectivity index (χ3v) is 8.33. The summed E-state index contributed by atoms with van der Waals surface area (Å²) in [6.07, 6.45) is 1.13. The maximum Gasteiger partial charge on any atom is 0.264 e. The van der Waals surface area contributed by atoms with E-state index in [1.54, 1.807) is 56.3 Å². The summed E-state index contributed by atoms with van der Waals surface area (Å²) in [5.41, 5.74) is 2.84. The topological polar surface area (TPSA) is 101 Å². The number of nitrogens with one attached hydrogen (secondary N) is 1. The summed E-state index contributed by atoms with van der Waals surface area (Å²) in [5.74, 6) is -0.487. The molecule has 0 radical (unpaired) electrons. The van der Waals surface area contributed by atoms with E-state index in [1.165, 1.54) is 24.3 Å². The van der Waals surface area contributed by atoms with Gasteiger partial charge in [-0.1, -0.05) is 48.0 Å². The number of anilines is 1. The molecule has 3 aromatic carbocycles. The Labute approximate surface area is 201 Å². The molecule has 1 N–H and O–H groups in total. The van der Waals surface area contributed by atoms with Crippen LogP contribution < -0.4 is 9.62 Å². The molecule has 0 heterocycles. The minimum absolute atomic E-state index is 0.0900. The van der Waals surface area contributed by atoms with Crippen LogP contribution in [0.4, 0.5) is 5.69 Å². The lowest BCUT2D eigenvalue weighted by Crippen LogP contribution is -2.41. The predicted molar refractivity (Wildman–Crippen MR) is 133 cm³/mol. The second kappa shape index (κ2) is 9.99. The van der Waals surface area contributed by atoms with Crippen molar-refractivity contribution in [2.75, 3.05) is 17.1 Å². The summed E-state index contributed by atoms with van der Waals surface area (Å²) in [6.45, 7) is 5.06. The van der Waals surface area contributed by atoms with Crippen LogP contribution >= 0.6 is 0 Å². The van der Waals surface area contributed by atoms with Crippen LogP contribution in [0.2, 0.25) is 0 Å². The molecule has 34 heavy (non-hydrogen) atoms. The highest BCUT2D eigenvalue weighted by Gasteiger charge is 2.28. The molecule has 0 bridgehead atoms. The second-order valence-corrected chi connectivity index (χ2v) is 12.1. The molecule has 3 aromatic rings. The van der Waals surface area contributed by atoms with E-state index in [0.29, 0.717) is 11.3 Å². The number of carbonyl (C=O) groups excluding carboxylic acids is 1. The van der Waals surface area contributed by atoms with Crippen molar-refractivity contribution < 1.29 is 21.6 Å². The van der Waals surface area contributed by atoms with Crippen molar-refractivity contribution in [1.82, 2.24) is 5.32 Å². The van der Waals surface area contributed by atoms with Crippen LogP contribution in [0.25, 0.3) is 0 Å². The largest absolute Gasteiger partial charge is 0.348 e. The first kappa shape index (κ1) is 25.5. The van der Waals surface area contributed by atoms with Gasteiger partial charge in [-0.05, 0) is 62.2 Å². The van der Waals surface area contributed by atoms with Gasteiger partial charge >= 0.3 is 0 Å². The van der Waals surface area contributed by atoms with Crippen LogP contribution in [-0.4, -0.2) is 35.5 Å². The number of benzene rings is 3. The van der Waals surface area contributed by atoms with Gasteiger partial charge in [0.2, 0.25) is 5.91 Å². The molecule has 180 valence electrons. The molecular formula is C25H28N2O5S2. The lowest BCUT2D eigenvalue weighted by Gasteiger charge is -2.26. The Morgan fingerprint density at radius 1 is 0.882 bits per heavy atom. The molecule has 1 amide bonds. The Hall–Kier alpha value is -3.17. The highest BCUT2D eigenvalue weighted by molar-refractivity contribution is 7.93. The number of aryl methyl sites for hydroxylation is 2. The maximum atomic E-state index is 13.5. The quantitative estimate of drug-likeness (QED) is 0.507. The van der Waals surface area contributed by atoms with E-state index in [-0.39, 0.29) is 9.79 Å². The smallest absolute Gasteiger partial charge is 0.264 e. The molecule has 3 rings (SSSR count). The molecule has 9 heteroatoms. The standard InChI is InChI=1S/C25H28N2O5S2/c1-18-10-15-24(19(2)16-18)27(34(31,32)23-8-6-5-7-9-23)17-25(28)26-20(3)21-11-13-22(14-12-21)33(4,29)30/h5-16,20H,17H2,1-4H3,(H,26,28)/t20-/m1/s1. The average Bonchev–Trinajstić information content (AvgIpc) is 2.78. The van der Waals surface area contributed by atoms with Crippen LogP contribution in [0.3, 0.4) is 0 Å². The SMILES string of the molecule is Cc1ccc(N(CC(=O)N[C@H](C)c2ccc(S(C)(=O)=O)cc2)S(=O)(=O)c2ccccc2)c(C)c1. The van der Waals surface area contributed by atoms with E-state index < -0.39 is 38.4 Å². The van der Waals surface area contributed by atoms with Crippen LogP contribution in [0.15, 0.2) is 82.6 Å². The first-order chi connectivity index (χ1) is 15.9. The minimum Gasteiger partial charge on any atom is -0.348 e. The molecule has 7 nitrogen and oxygen atoms in total. The summed E-state index contributed by atoms with van der Waals surface area (Å²) in [4.78, 5) is 13.3. The first-order valence-electron chi connectivity index (χ1n) is 10.6. The van der Waals surface area contributed by atoms with Gasteiger partial charge in [0.05, 0.1) is 21.5 Å². The summed E-state index contributed by atoms with van der Waals surface area (Å²) < 4.78 is 51.4. The van der Waals surface area contributed by atoms with Crippen LogP contribution in [0.5, 0.6) is 0 Å². The van der Waals surface area contributed by atoms with Crippen molar-refractivity contribution in [3.05, 3.63) is 89.5 Å². The number of amides is 1. The highest BCUT2D eigenvalue weighted by Crippen LogP contribution is 2.27. The Morgan fingerprint density at radius 2 is 1.50 bits per heavy atom. The summed E-state index contributed by atoms with van der Waals surface area (Å²) in [5, 5.41) is 2.81. The van der Waals surface area contributed by atoms with Gasteiger partial charge < -0.3 is 5.32 Å². The Kier molecular flexibility index (Phi) is 7.48. The molecule has 0 saturated carbocycles. The Bertz CT molecular complexity index is 1380. The fourth-order valence-electron chi connectivity index (χ4n) is 3.61. The van der Waals surface area contributed by atoms with Crippen LogP contribution in [0, 0.1) is 13.8 Å². The maximum absolute atomic E-state index is 13.5. The summed E-state index contributed by atoms with van der Waals surface area (Å²) >= 11 is 0. The van der Waals surface area contributed by atoms with Crippen molar-refractivity contribution in [3.8, 4) is 0 Å². The number of hydrogen-bond acceptors (Lipinski definition) is 5. The number of sulfone groups is 1. The monoisotopic (exact) mass is 500 g/mol. The minimum atomic E-state index is -4.00. The fourth-order valence-corrected chi connectivity index (χ4v) is 5.75. The van der Waals surface area contributed by atoms with Crippen molar-refractivity contribution in [3.63, 3.8) is 0 Å². The van der Waals surface area contributed by atoms with Gasteiger partial charge in [-0.25, -0.2) is 16.8 Å². The van der Waals surface area contributed by atoms with E-state index in [4.69, 9.17) is 0 Å². The first-order valence-corrected chi connectivity index (χ1v) is 14.0. The van der Waals surface area contributed by atoms with Gasteiger partial charge in [0.25, 0.3) is 10.0 Å². The van der Waals surface area contributed by atoms with Crippen LogP contribution in [0.1, 0.15) is 29.7 Å². The van der Waals surface area contributed by atoms with Crippen molar-refractivity contribution in [2.24, 2.45) is 0 Å². The lowest BCUT2D eigenvalue weighted by atomic mass is 10.1. The van der Waals surface area contributed by atoms with Crippen LogP contribution in [-0.2, 0) is 24.7 Å². The third kappa shape index (κ3) is 5.84. The lowest BCUT2D eigenvalue weighted by molar-refractivity contribution is -0.120. The van der Waals surface area contributed by atoms with Gasteiger partial charge in [-0.15, -0.1) is 0 Å². The molecule has 0 spiro atoms. The molecule has 0 saturated heterocycles. The van der Waals surface area contributed by atoms with E-state index in [2.05, 4.69) is 5.32 Å². The normalized spacial score (nSPS) is 12.7. The van der Waals surface area contributed by atoms with Crippen molar-refractivity contribution in [1.29, 1.82) is 0 Å². The molecular weight excluding hydrogens is 472 g/mol. The number of hydrogen-bond donors (Lipinski definition) is 1. The number of sulfonamides is 1. The number of carbonyl (C=O) groups is 1. The number of nitrogens with zero attached hydrogens (tertiary/aromatic N) is 1. The zero-order chi connectivity index (χ0) is 25.1. The molecule has 0 unspecified atom stereocenters. The second-order valence-electron chi connectivity index (χ2n) is 8.25. The molecule has 0 aliphatic rings. The fraction of sp³-hybridized carbons (Fsp3) is 0.240. The van der Waals surface area contributed by atoms with Gasteiger partial charge in [-0.3, -0.25) is 9.10 Å². The van der Waals surface area contributed by atoms with Gasteiger partial charge in [0, 0.05) is 6.26 Å². The van der Waals surface area contributed by atoms with Gasteiger partial charge in [0.1, 0.15) is 6.54 Å². The molecule has 0 aliphatic heterocycles. The highest BCUT2D eigenvalue weighted by atomic mass is 32.2. The predicted octanol–water partition coefficient (Wildman–Crippen LogP) is 3.78. The van der Waals surface area contributed by atoms with E-state index in [9.17, 15) is 21.6 Å². The molecule has 0 aliphatic carbocycles. The van der Waals surface area contributed by atoms with Crippen molar-refractivity contribution >= 4 is 31.5 Å². The molecule has 0 aromatic heterocycles. The van der Waals surface area contributed by atoms with Gasteiger partial charge in [0.15, 0.2) is 9.84 Å². The Balaban J connectivity index is 1.88. The zero-order valence-electron chi connectivity index (χ0n) is 19.5. The molecule has 1 atom stereocenters. The Morgan fingerprint density at radius 3 is 2.06 bits per heavy atom. The average molecular weight is 501 g/mol. The number of rotatable bonds is 8. The van der Waals surface area contributed by atoms with E-state index in [1.807, 2.05) is 13.0 Å². The zero-order valence-corrected chi connectivity index (χ0v) is 21.2. The summed E-state index contributed by atoms with van der Waals surface area (Å²) in [7, 11) is -7.33. The van der Waals surface area contributed by atoms with Gasteiger partial charge in [-0.2, -0.15) is 0 Å². The van der Waals surface area contributed by atoms with Crippen molar-refractivity contribution in [2.45, 2.75) is 36.6 Å². The third-order valence-electron chi connectivity index (χ3n) is 5.43. The van der Waals surface area contributed by atoms with E-state index >= 15 is 0 Å². The molecule has 0 fully saturated rings.